The number of aryl methyl sites for hydroxylation is 1. The molecule has 0 radical (unpaired) electrons. The fraction of sp³-hybridized carbons (Fsp3) is 0.500. The molecule has 1 aliphatic heterocycles. The van der Waals surface area contributed by atoms with Crippen molar-refractivity contribution >= 4 is 11.8 Å². The van der Waals surface area contributed by atoms with Crippen LogP contribution in [0.25, 0.3) is 0 Å². The largest absolute Gasteiger partial charge is 0.496 e. The van der Waals surface area contributed by atoms with Gasteiger partial charge in [-0.15, -0.1) is 0 Å². The third kappa shape index (κ3) is 2.29. The highest BCUT2D eigenvalue weighted by atomic mass is 32.2. The molecule has 1 aliphatic rings. The van der Waals surface area contributed by atoms with Gasteiger partial charge in [-0.1, -0.05) is 17.7 Å². The zero-order valence-electron chi connectivity index (χ0n) is 9.19. The molecule has 15 heavy (non-hydrogen) atoms. The van der Waals surface area contributed by atoms with Crippen molar-refractivity contribution < 1.29 is 4.74 Å². The third-order valence-electron chi connectivity index (χ3n) is 2.76. The van der Waals surface area contributed by atoms with E-state index in [2.05, 4.69) is 25.1 Å². The SMILES string of the molecule is COc1ccc(C)cc1C1CC(N)CS1. The quantitative estimate of drug-likeness (QED) is 0.836. The summed E-state index contributed by atoms with van der Waals surface area (Å²) in [5.41, 5.74) is 8.52. The van der Waals surface area contributed by atoms with Crippen molar-refractivity contribution in [2.24, 2.45) is 5.73 Å². The monoisotopic (exact) mass is 223 g/mol. The van der Waals surface area contributed by atoms with E-state index in [0.29, 0.717) is 11.3 Å². The van der Waals surface area contributed by atoms with Gasteiger partial charge in [0, 0.05) is 22.6 Å². The normalized spacial score (nSPS) is 25.5. The van der Waals surface area contributed by atoms with Crippen LogP contribution in [-0.2, 0) is 0 Å². The van der Waals surface area contributed by atoms with Crippen molar-refractivity contribution in [1.82, 2.24) is 0 Å². The van der Waals surface area contributed by atoms with E-state index >= 15 is 0 Å². The summed E-state index contributed by atoms with van der Waals surface area (Å²) in [5, 5.41) is 0.509. The maximum atomic E-state index is 5.93. The molecule has 0 aliphatic carbocycles. The number of hydrogen-bond donors (Lipinski definition) is 1. The van der Waals surface area contributed by atoms with E-state index in [9.17, 15) is 0 Å². The van der Waals surface area contributed by atoms with Crippen LogP contribution < -0.4 is 10.5 Å². The standard InChI is InChI=1S/C12H17NOS/c1-8-3-4-11(14-2)10(5-8)12-6-9(13)7-15-12/h3-5,9,12H,6-7,13H2,1-2H3. The van der Waals surface area contributed by atoms with Crippen LogP contribution in [0.1, 0.15) is 22.8 Å². The molecule has 0 amide bonds. The van der Waals surface area contributed by atoms with E-state index in [4.69, 9.17) is 10.5 Å². The smallest absolute Gasteiger partial charge is 0.123 e. The number of benzene rings is 1. The summed E-state index contributed by atoms with van der Waals surface area (Å²) in [5.74, 6) is 2.05. The van der Waals surface area contributed by atoms with Crippen molar-refractivity contribution in [3.05, 3.63) is 29.3 Å². The predicted octanol–water partition coefficient (Wildman–Crippen LogP) is 2.51. The van der Waals surface area contributed by atoms with Crippen LogP contribution in [0.5, 0.6) is 5.75 Å². The predicted molar refractivity (Wildman–Crippen MR) is 65.5 cm³/mol. The van der Waals surface area contributed by atoms with Gasteiger partial charge in [0.2, 0.25) is 0 Å². The minimum Gasteiger partial charge on any atom is -0.496 e. The molecule has 1 aromatic carbocycles. The first-order valence-corrected chi connectivity index (χ1v) is 6.27. The summed E-state index contributed by atoms with van der Waals surface area (Å²) < 4.78 is 5.39. The Bertz CT molecular complexity index is 353. The van der Waals surface area contributed by atoms with Gasteiger partial charge in [0.05, 0.1) is 7.11 Å². The highest BCUT2D eigenvalue weighted by Crippen LogP contribution is 2.43. The van der Waals surface area contributed by atoms with Crippen LogP contribution in [0.15, 0.2) is 18.2 Å². The van der Waals surface area contributed by atoms with Crippen LogP contribution in [0.4, 0.5) is 0 Å². The molecule has 1 aromatic rings. The Balaban J connectivity index is 2.29. The molecule has 0 saturated carbocycles. The summed E-state index contributed by atoms with van der Waals surface area (Å²) in [7, 11) is 1.73. The van der Waals surface area contributed by atoms with Gasteiger partial charge in [-0.25, -0.2) is 0 Å². The van der Waals surface area contributed by atoms with Crippen molar-refractivity contribution in [1.29, 1.82) is 0 Å². The number of thioether (sulfide) groups is 1. The summed E-state index contributed by atoms with van der Waals surface area (Å²) in [4.78, 5) is 0. The second-order valence-electron chi connectivity index (χ2n) is 4.06. The molecule has 3 heteroatoms. The van der Waals surface area contributed by atoms with E-state index in [1.165, 1.54) is 11.1 Å². The second kappa shape index (κ2) is 4.45. The zero-order chi connectivity index (χ0) is 10.8. The lowest BCUT2D eigenvalue weighted by molar-refractivity contribution is 0.408. The van der Waals surface area contributed by atoms with E-state index in [1.54, 1.807) is 7.11 Å². The molecule has 0 bridgehead atoms. The van der Waals surface area contributed by atoms with Crippen LogP contribution in [0, 0.1) is 6.92 Å². The molecule has 82 valence electrons. The van der Waals surface area contributed by atoms with Crippen molar-refractivity contribution in [2.45, 2.75) is 24.6 Å². The molecular weight excluding hydrogens is 206 g/mol. The molecule has 0 spiro atoms. The topological polar surface area (TPSA) is 35.2 Å². The van der Waals surface area contributed by atoms with Crippen LogP contribution in [0.2, 0.25) is 0 Å². The summed E-state index contributed by atoms with van der Waals surface area (Å²) >= 11 is 1.94. The highest BCUT2D eigenvalue weighted by molar-refractivity contribution is 7.99. The molecule has 2 rings (SSSR count). The highest BCUT2D eigenvalue weighted by Gasteiger charge is 2.26. The minimum absolute atomic E-state index is 0.338. The first-order valence-electron chi connectivity index (χ1n) is 5.22. The van der Waals surface area contributed by atoms with E-state index < -0.39 is 0 Å². The molecule has 1 saturated heterocycles. The van der Waals surface area contributed by atoms with Gasteiger partial charge in [0.25, 0.3) is 0 Å². The Labute approximate surface area is 95.2 Å². The summed E-state index contributed by atoms with van der Waals surface area (Å²) in [6, 6.07) is 6.69. The Morgan fingerprint density at radius 2 is 2.27 bits per heavy atom. The summed E-state index contributed by atoms with van der Waals surface area (Å²) in [6.45, 7) is 2.11. The Kier molecular flexibility index (Phi) is 3.22. The lowest BCUT2D eigenvalue weighted by atomic mass is 10.0. The fourth-order valence-electron chi connectivity index (χ4n) is 1.97. The molecule has 0 aromatic heterocycles. The van der Waals surface area contributed by atoms with E-state index in [1.807, 2.05) is 11.8 Å². The molecule has 2 atom stereocenters. The van der Waals surface area contributed by atoms with Gasteiger partial charge in [-0.05, 0) is 19.4 Å². The molecule has 2 N–H and O–H groups in total. The average Bonchev–Trinajstić information content (AvgIpc) is 2.65. The minimum atomic E-state index is 0.338. The maximum Gasteiger partial charge on any atom is 0.123 e. The number of rotatable bonds is 2. The Hall–Kier alpha value is -0.670. The van der Waals surface area contributed by atoms with Crippen molar-refractivity contribution in [3.63, 3.8) is 0 Å². The van der Waals surface area contributed by atoms with Gasteiger partial charge in [0.1, 0.15) is 5.75 Å². The molecule has 2 nitrogen and oxygen atoms in total. The van der Waals surface area contributed by atoms with Gasteiger partial charge >= 0.3 is 0 Å². The van der Waals surface area contributed by atoms with Gasteiger partial charge in [0.15, 0.2) is 0 Å². The first kappa shape index (κ1) is 10.8. The fourth-order valence-corrected chi connectivity index (χ4v) is 3.34. The Morgan fingerprint density at radius 3 is 2.87 bits per heavy atom. The number of hydrogen-bond acceptors (Lipinski definition) is 3. The second-order valence-corrected chi connectivity index (χ2v) is 5.30. The molecule has 1 fully saturated rings. The lowest BCUT2D eigenvalue weighted by Gasteiger charge is -2.14. The first-order chi connectivity index (χ1) is 7.20. The van der Waals surface area contributed by atoms with Crippen LogP contribution in [0.3, 0.4) is 0 Å². The number of methoxy groups -OCH3 is 1. The van der Waals surface area contributed by atoms with Crippen LogP contribution >= 0.6 is 11.8 Å². The molecular formula is C12H17NOS. The van der Waals surface area contributed by atoms with Gasteiger partial charge in [-0.3, -0.25) is 0 Å². The molecule has 1 heterocycles. The van der Waals surface area contributed by atoms with Crippen LogP contribution in [-0.4, -0.2) is 18.9 Å². The van der Waals surface area contributed by atoms with Gasteiger partial charge in [-0.2, -0.15) is 11.8 Å². The van der Waals surface area contributed by atoms with Crippen molar-refractivity contribution in [2.75, 3.05) is 12.9 Å². The van der Waals surface area contributed by atoms with E-state index in [-0.39, 0.29) is 0 Å². The molecule has 2 unspecified atom stereocenters. The summed E-state index contributed by atoms with van der Waals surface area (Å²) in [6.07, 6.45) is 1.06. The lowest BCUT2D eigenvalue weighted by Crippen LogP contribution is -2.18. The van der Waals surface area contributed by atoms with Gasteiger partial charge < -0.3 is 10.5 Å². The number of ether oxygens (including phenoxy) is 1. The number of nitrogens with two attached hydrogens (primary N) is 1. The zero-order valence-corrected chi connectivity index (χ0v) is 10.0. The van der Waals surface area contributed by atoms with Crippen molar-refractivity contribution in [3.8, 4) is 5.75 Å². The average molecular weight is 223 g/mol. The van der Waals surface area contributed by atoms with E-state index in [0.717, 1.165) is 17.9 Å². The third-order valence-corrected chi connectivity index (χ3v) is 4.23. The Morgan fingerprint density at radius 1 is 1.47 bits per heavy atom. The maximum absolute atomic E-state index is 5.93.